The number of aromatic nitrogens is 3. The van der Waals surface area contributed by atoms with Crippen LogP contribution in [0.2, 0.25) is 0 Å². The fourth-order valence-corrected chi connectivity index (χ4v) is 4.57. The summed E-state index contributed by atoms with van der Waals surface area (Å²) in [6.07, 6.45) is 0.241. The summed E-state index contributed by atoms with van der Waals surface area (Å²) in [6, 6.07) is 6.27. The summed E-state index contributed by atoms with van der Waals surface area (Å²) in [6.45, 7) is 0.218. The van der Waals surface area contributed by atoms with E-state index in [2.05, 4.69) is 20.5 Å². The second-order valence-electron chi connectivity index (χ2n) is 9.23. The normalized spacial score (nSPS) is 17.0. The van der Waals surface area contributed by atoms with Gasteiger partial charge in [0.2, 0.25) is 5.91 Å². The Morgan fingerprint density at radius 1 is 1.26 bits per heavy atom. The summed E-state index contributed by atoms with van der Waals surface area (Å²) >= 11 is 0. The van der Waals surface area contributed by atoms with Crippen molar-refractivity contribution in [2.75, 3.05) is 20.6 Å². The number of benzene rings is 1. The highest BCUT2D eigenvalue weighted by atomic mass is 19.4. The molecule has 4 rings (SSSR count). The molecule has 1 aromatic carbocycles. The first-order valence-corrected chi connectivity index (χ1v) is 11.1. The molecule has 34 heavy (non-hydrogen) atoms. The molecular weight excluding hydrogens is 450 g/mol. The van der Waals surface area contributed by atoms with E-state index in [1.54, 1.807) is 18.3 Å². The van der Waals surface area contributed by atoms with Crippen molar-refractivity contribution >= 4 is 16.8 Å². The zero-order valence-electron chi connectivity index (χ0n) is 19.0. The first-order valence-electron chi connectivity index (χ1n) is 11.1. The third-order valence-electron chi connectivity index (χ3n) is 6.79. The predicted octanol–water partition coefficient (Wildman–Crippen LogP) is 4.20. The lowest BCUT2D eigenvalue weighted by molar-refractivity contribution is -0.194. The van der Waals surface area contributed by atoms with Crippen LogP contribution < -0.4 is 5.32 Å². The van der Waals surface area contributed by atoms with Crippen molar-refractivity contribution < 1.29 is 22.4 Å². The Balaban J connectivity index is 1.44. The fourth-order valence-electron chi connectivity index (χ4n) is 4.57. The molecule has 1 fully saturated rings. The monoisotopic (exact) mass is 477 g/mol. The van der Waals surface area contributed by atoms with E-state index in [0.717, 1.165) is 5.56 Å². The standard InChI is InChI=1S/C24H27F4N5O/c1-33(2)18(9-15-8-17-13-31-32-22(17)20(25)10-15)14-30-21(34)11-19(16-4-3-7-29-12-16)23(5-6-23)24(26,27)28/h3-4,7-8,10,12-13,18-19H,5-6,9,11,14H2,1-2H3,(H,30,34)(H,31,32)/t18-,19-/m0/s1. The van der Waals surface area contributed by atoms with Crippen molar-refractivity contribution in [2.24, 2.45) is 5.41 Å². The number of halogens is 4. The van der Waals surface area contributed by atoms with Gasteiger partial charge in [0.15, 0.2) is 0 Å². The number of nitrogens with zero attached hydrogens (tertiary/aromatic N) is 3. The van der Waals surface area contributed by atoms with Gasteiger partial charge in [-0.3, -0.25) is 14.9 Å². The van der Waals surface area contributed by atoms with Crippen LogP contribution in [0.15, 0.2) is 42.9 Å². The summed E-state index contributed by atoms with van der Waals surface area (Å²) in [4.78, 5) is 18.7. The number of H-pyrrole nitrogens is 1. The molecule has 3 aromatic rings. The van der Waals surface area contributed by atoms with E-state index in [1.165, 1.54) is 18.5 Å². The molecule has 2 atom stereocenters. The molecule has 2 aromatic heterocycles. The highest BCUT2D eigenvalue weighted by Gasteiger charge is 2.67. The maximum atomic E-state index is 14.3. The van der Waals surface area contributed by atoms with Crippen molar-refractivity contribution in [2.45, 2.75) is 43.8 Å². The van der Waals surface area contributed by atoms with Crippen molar-refractivity contribution in [1.29, 1.82) is 0 Å². The number of alkyl halides is 3. The number of carbonyl (C=O) groups is 1. The summed E-state index contributed by atoms with van der Waals surface area (Å²) < 4.78 is 55.9. The summed E-state index contributed by atoms with van der Waals surface area (Å²) in [5, 5.41) is 9.92. The van der Waals surface area contributed by atoms with Crippen LogP contribution in [0, 0.1) is 11.2 Å². The Bertz CT molecular complexity index is 1140. The first-order chi connectivity index (χ1) is 16.1. The lowest BCUT2D eigenvalue weighted by Gasteiger charge is -2.30. The van der Waals surface area contributed by atoms with Crippen molar-refractivity contribution in [1.82, 2.24) is 25.4 Å². The van der Waals surface area contributed by atoms with Gasteiger partial charge in [0.25, 0.3) is 0 Å². The number of pyridine rings is 1. The highest BCUT2D eigenvalue weighted by Crippen LogP contribution is 2.66. The quantitative estimate of drug-likeness (QED) is 0.453. The molecule has 1 aliphatic carbocycles. The molecule has 0 bridgehead atoms. The molecule has 2 heterocycles. The number of amides is 1. The summed E-state index contributed by atoms with van der Waals surface area (Å²) in [5.41, 5.74) is -0.396. The molecule has 1 aliphatic rings. The van der Waals surface area contributed by atoms with Gasteiger partial charge in [0.1, 0.15) is 11.3 Å². The highest BCUT2D eigenvalue weighted by molar-refractivity contribution is 5.79. The van der Waals surface area contributed by atoms with Gasteiger partial charge in [-0.05, 0) is 62.7 Å². The zero-order chi connectivity index (χ0) is 24.5. The number of hydrogen-bond donors (Lipinski definition) is 2. The average molecular weight is 478 g/mol. The van der Waals surface area contributed by atoms with Crippen LogP contribution in [0.3, 0.4) is 0 Å². The molecule has 1 saturated carbocycles. The van der Waals surface area contributed by atoms with Crippen molar-refractivity contribution in [3.8, 4) is 0 Å². The number of fused-ring (bicyclic) bond motifs is 1. The van der Waals surface area contributed by atoms with Crippen LogP contribution >= 0.6 is 0 Å². The minimum atomic E-state index is -4.39. The predicted molar refractivity (Wildman–Crippen MR) is 120 cm³/mol. The van der Waals surface area contributed by atoms with Gasteiger partial charge in [0, 0.05) is 42.7 Å². The van der Waals surface area contributed by atoms with Gasteiger partial charge in [0.05, 0.1) is 11.6 Å². The maximum absolute atomic E-state index is 14.3. The van der Waals surface area contributed by atoms with Crippen LogP contribution in [-0.4, -0.2) is 58.8 Å². The Labute approximate surface area is 194 Å². The SMILES string of the molecule is CN(C)[C@H](CNC(=O)C[C@@H](c1cccnc1)C1(C(F)(F)F)CC1)Cc1cc(F)c2[nH]ncc2c1. The lowest BCUT2D eigenvalue weighted by atomic mass is 9.80. The van der Waals surface area contributed by atoms with E-state index in [0.29, 0.717) is 22.9 Å². The molecule has 182 valence electrons. The topological polar surface area (TPSA) is 73.9 Å². The largest absolute Gasteiger partial charge is 0.395 e. The van der Waals surface area contributed by atoms with Crippen LogP contribution in [0.4, 0.5) is 17.6 Å². The van der Waals surface area contributed by atoms with Gasteiger partial charge in [-0.25, -0.2) is 4.39 Å². The number of hydrogen-bond acceptors (Lipinski definition) is 4. The van der Waals surface area contributed by atoms with Crippen molar-refractivity contribution in [3.63, 3.8) is 0 Å². The number of carbonyl (C=O) groups excluding carboxylic acids is 1. The number of aromatic amines is 1. The Morgan fingerprint density at radius 2 is 2.03 bits per heavy atom. The Morgan fingerprint density at radius 3 is 2.65 bits per heavy atom. The molecular formula is C24H27F4N5O. The third kappa shape index (κ3) is 4.91. The van der Waals surface area contributed by atoms with Crippen LogP contribution in [-0.2, 0) is 11.2 Å². The molecule has 2 N–H and O–H groups in total. The Kier molecular flexibility index (Phi) is 6.62. The molecule has 6 nitrogen and oxygen atoms in total. The molecule has 0 spiro atoms. The Hall–Kier alpha value is -3.01. The molecule has 0 saturated heterocycles. The lowest BCUT2D eigenvalue weighted by Crippen LogP contribution is -2.42. The molecule has 10 heteroatoms. The number of likely N-dealkylation sites (N-methyl/N-ethyl adjacent to an activating group) is 1. The fraction of sp³-hybridized carbons (Fsp3) is 0.458. The van der Waals surface area contributed by atoms with Crippen molar-refractivity contribution in [3.05, 3.63) is 59.8 Å². The second-order valence-corrected chi connectivity index (χ2v) is 9.23. The zero-order valence-corrected chi connectivity index (χ0v) is 19.0. The first kappa shape index (κ1) is 24.1. The summed E-state index contributed by atoms with van der Waals surface area (Å²) in [7, 11) is 3.68. The van der Waals surface area contributed by atoms with E-state index in [4.69, 9.17) is 0 Å². The average Bonchev–Trinajstić information content (AvgIpc) is 3.46. The van der Waals surface area contributed by atoms with Gasteiger partial charge >= 0.3 is 6.18 Å². The van der Waals surface area contributed by atoms with Gasteiger partial charge in [-0.2, -0.15) is 18.3 Å². The summed E-state index contributed by atoms with van der Waals surface area (Å²) in [5.74, 6) is -1.85. The third-order valence-corrected chi connectivity index (χ3v) is 6.79. The molecule has 1 amide bonds. The van der Waals surface area contributed by atoms with E-state index in [-0.39, 0.29) is 31.8 Å². The van der Waals surface area contributed by atoms with E-state index in [1.807, 2.05) is 25.1 Å². The molecule has 0 unspecified atom stereocenters. The minimum absolute atomic E-state index is 0.00567. The van der Waals surface area contributed by atoms with Crippen LogP contribution in [0.5, 0.6) is 0 Å². The van der Waals surface area contributed by atoms with Crippen LogP contribution in [0.25, 0.3) is 10.9 Å². The number of rotatable bonds is 9. The number of nitrogens with one attached hydrogen (secondary N) is 2. The van der Waals surface area contributed by atoms with Gasteiger partial charge < -0.3 is 10.2 Å². The van der Waals surface area contributed by atoms with Gasteiger partial charge in [-0.15, -0.1) is 0 Å². The van der Waals surface area contributed by atoms with E-state index < -0.39 is 29.2 Å². The molecule has 0 radical (unpaired) electrons. The maximum Gasteiger partial charge on any atom is 0.395 e. The molecule has 0 aliphatic heterocycles. The van der Waals surface area contributed by atoms with E-state index in [9.17, 15) is 22.4 Å². The van der Waals surface area contributed by atoms with Gasteiger partial charge in [-0.1, -0.05) is 6.07 Å². The smallest absolute Gasteiger partial charge is 0.355 e. The van der Waals surface area contributed by atoms with E-state index >= 15 is 0 Å². The second kappa shape index (κ2) is 9.32. The van der Waals surface area contributed by atoms with Crippen LogP contribution in [0.1, 0.15) is 36.3 Å². The minimum Gasteiger partial charge on any atom is -0.355 e.